The number of benzene rings is 3. The first-order chi connectivity index (χ1) is 15.6. The van der Waals surface area contributed by atoms with E-state index in [2.05, 4.69) is 0 Å². The molecule has 0 spiro atoms. The van der Waals surface area contributed by atoms with Crippen LogP contribution in [0.25, 0.3) is 0 Å². The topological polar surface area (TPSA) is 70.5 Å². The smallest absolute Gasteiger partial charge is 0.420 e. The molecule has 0 fully saturated rings. The molecular weight excluding hydrogens is 483 g/mol. The molecule has 182 valence electrons. The molecule has 0 aliphatic rings. The number of hydrogen-bond donors (Lipinski definition) is 2. The van der Waals surface area contributed by atoms with E-state index in [1.165, 1.54) is 0 Å². The van der Waals surface area contributed by atoms with E-state index in [4.69, 9.17) is 20.9 Å². The molecule has 0 saturated carbocycles. The second kappa shape index (κ2) is 8.54. The highest BCUT2D eigenvalue weighted by molar-refractivity contribution is 5.55. The normalized spacial score (nSPS) is 12.5. The standard InChI is InChI=1S/C21H13F9N2O2/c22-19(23,24)13-4-1-11(8-16(13)31)33-10-3-6-18(15(7-10)21(28,29)30)34-12-2-5-14(17(32)9-12)20(25,26)27/h1-9H,31-32H2. The number of alkyl halides is 9. The van der Waals surface area contributed by atoms with Crippen molar-refractivity contribution in [3.63, 3.8) is 0 Å². The molecule has 0 aromatic heterocycles. The zero-order chi connectivity index (χ0) is 25.5. The molecule has 0 aliphatic heterocycles. The lowest BCUT2D eigenvalue weighted by Gasteiger charge is -2.17. The Bertz CT molecular complexity index is 1200. The van der Waals surface area contributed by atoms with E-state index in [-0.39, 0.29) is 11.5 Å². The minimum Gasteiger partial charge on any atom is -0.457 e. The Labute approximate surface area is 185 Å². The predicted octanol–water partition coefficient (Wildman–Crippen LogP) is 7.49. The molecular formula is C21H13F9N2O2. The molecule has 0 bridgehead atoms. The lowest BCUT2D eigenvalue weighted by atomic mass is 10.1. The number of anilines is 2. The number of halogens is 9. The fourth-order valence-electron chi connectivity index (χ4n) is 2.87. The maximum atomic E-state index is 13.6. The monoisotopic (exact) mass is 496 g/mol. The Morgan fingerprint density at radius 2 is 0.853 bits per heavy atom. The van der Waals surface area contributed by atoms with Crippen molar-refractivity contribution in [1.82, 2.24) is 0 Å². The second-order valence-corrected chi connectivity index (χ2v) is 6.85. The van der Waals surface area contributed by atoms with Gasteiger partial charge in [-0.2, -0.15) is 39.5 Å². The summed E-state index contributed by atoms with van der Waals surface area (Å²) >= 11 is 0. The Morgan fingerprint density at radius 1 is 0.471 bits per heavy atom. The summed E-state index contributed by atoms with van der Waals surface area (Å²) in [6, 6.07) is 6.73. The van der Waals surface area contributed by atoms with Crippen LogP contribution < -0.4 is 20.9 Å². The van der Waals surface area contributed by atoms with Crippen LogP contribution >= 0.6 is 0 Å². The highest BCUT2D eigenvalue weighted by Crippen LogP contribution is 2.43. The fraction of sp³-hybridized carbons (Fsp3) is 0.143. The van der Waals surface area contributed by atoms with Gasteiger partial charge >= 0.3 is 18.5 Å². The first-order valence-electron chi connectivity index (χ1n) is 9.06. The van der Waals surface area contributed by atoms with Crippen LogP contribution in [-0.4, -0.2) is 0 Å². The van der Waals surface area contributed by atoms with Crippen molar-refractivity contribution in [2.45, 2.75) is 18.5 Å². The third-order valence-electron chi connectivity index (χ3n) is 4.38. The maximum absolute atomic E-state index is 13.6. The van der Waals surface area contributed by atoms with Gasteiger partial charge in [0.2, 0.25) is 0 Å². The third kappa shape index (κ3) is 5.58. The van der Waals surface area contributed by atoms with Crippen molar-refractivity contribution in [2.24, 2.45) is 0 Å². The lowest BCUT2D eigenvalue weighted by molar-refractivity contribution is -0.139. The quantitative estimate of drug-likeness (QED) is 0.290. The molecule has 3 aromatic rings. The number of nitrogens with two attached hydrogens (primary N) is 2. The Hall–Kier alpha value is -3.77. The summed E-state index contributed by atoms with van der Waals surface area (Å²) in [4.78, 5) is 0. The summed E-state index contributed by atoms with van der Waals surface area (Å²) in [5.41, 5.74) is 5.53. The first-order valence-corrected chi connectivity index (χ1v) is 9.06. The van der Waals surface area contributed by atoms with Crippen LogP contribution in [0.1, 0.15) is 16.7 Å². The summed E-state index contributed by atoms with van der Waals surface area (Å²) in [6.45, 7) is 0. The maximum Gasteiger partial charge on any atom is 0.420 e. The number of hydrogen-bond acceptors (Lipinski definition) is 4. The molecule has 3 aromatic carbocycles. The van der Waals surface area contributed by atoms with Crippen molar-refractivity contribution >= 4 is 11.4 Å². The Kier molecular flexibility index (Phi) is 6.24. The van der Waals surface area contributed by atoms with Gasteiger partial charge in [0.1, 0.15) is 28.6 Å². The van der Waals surface area contributed by atoms with Gasteiger partial charge in [-0.25, -0.2) is 0 Å². The van der Waals surface area contributed by atoms with E-state index in [9.17, 15) is 39.5 Å². The SMILES string of the molecule is Nc1cc(Oc2ccc(Oc3ccc(C(F)(F)F)c(N)c3)c(C(F)(F)F)c2)ccc1C(F)(F)F. The molecule has 3 rings (SSSR count). The van der Waals surface area contributed by atoms with Gasteiger partial charge in [0.05, 0.1) is 11.1 Å². The van der Waals surface area contributed by atoms with Crippen LogP contribution in [-0.2, 0) is 18.5 Å². The largest absolute Gasteiger partial charge is 0.457 e. The summed E-state index contributed by atoms with van der Waals surface area (Å²) in [5.74, 6) is -1.83. The van der Waals surface area contributed by atoms with Gasteiger partial charge in [-0.3, -0.25) is 0 Å². The number of nitrogen functional groups attached to an aromatic ring is 2. The summed E-state index contributed by atoms with van der Waals surface area (Å²) in [6.07, 6.45) is -14.5. The van der Waals surface area contributed by atoms with Crippen LogP contribution in [0.3, 0.4) is 0 Å². The van der Waals surface area contributed by atoms with Crippen molar-refractivity contribution < 1.29 is 49.0 Å². The first kappa shape index (κ1) is 24.9. The minimum absolute atomic E-state index is 0.261. The average molecular weight is 496 g/mol. The minimum atomic E-state index is -4.98. The second-order valence-electron chi connectivity index (χ2n) is 6.85. The molecule has 4 N–H and O–H groups in total. The Morgan fingerprint density at radius 3 is 1.26 bits per heavy atom. The van der Waals surface area contributed by atoms with Crippen molar-refractivity contribution in [3.05, 3.63) is 71.3 Å². The molecule has 0 heterocycles. The van der Waals surface area contributed by atoms with E-state index in [0.29, 0.717) is 18.2 Å². The van der Waals surface area contributed by atoms with Gasteiger partial charge in [0, 0.05) is 23.5 Å². The zero-order valence-electron chi connectivity index (χ0n) is 16.6. The summed E-state index contributed by atoms with van der Waals surface area (Å²) in [5, 5.41) is 0. The third-order valence-corrected chi connectivity index (χ3v) is 4.38. The van der Waals surface area contributed by atoms with Gasteiger partial charge < -0.3 is 20.9 Å². The van der Waals surface area contributed by atoms with Crippen LogP contribution in [0, 0.1) is 0 Å². The van der Waals surface area contributed by atoms with E-state index >= 15 is 0 Å². The molecule has 0 saturated heterocycles. The molecule has 0 atom stereocenters. The van der Waals surface area contributed by atoms with Crippen molar-refractivity contribution in [3.8, 4) is 23.0 Å². The van der Waals surface area contributed by atoms with Gasteiger partial charge in [0.15, 0.2) is 0 Å². The highest BCUT2D eigenvalue weighted by Gasteiger charge is 2.36. The van der Waals surface area contributed by atoms with Crippen LogP contribution in [0.4, 0.5) is 50.9 Å². The van der Waals surface area contributed by atoms with E-state index in [1.807, 2.05) is 0 Å². The van der Waals surface area contributed by atoms with Gasteiger partial charge in [-0.1, -0.05) is 0 Å². The van der Waals surface area contributed by atoms with E-state index in [1.54, 1.807) is 0 Å². The predicted molar refractivity (Wildman–Crippen MR) is 103 cm³/mol. The molecule has 34 heavy (non-hydrogen) atoms. The summed E-state index contributed by atoms with van der Waals surface area (Å²) < 4.78 is 128. The molecule has 0 amide bonds. The summed E-state index contributed by atoms with van der Waals surface area (Å²) in [7, 11) is 0. The molecule has 0 unspecified atom stereocenters. The van der Waals surface area contributed by atoms with Crippen LogP contribution in [0.5, 0.6) is 23.0 Å². The van der Waals surface area contributed by atoms with E-state index in [0.717, 1.165) is 36.4 Å². The molecule has 4 nitrogen and oxygen atoms in total. The van der Waals surface area contributed by atoms with Crippen molar-refractivity contribution in [1.29, 1.82) is 0 Å². The average Bonchev–Trinajstić information content (AvgIpc) is 2.66. The number of ether oxygens (including phenoxy) is 2. The van der Waals surface area contributed by atoms with Gasteiger partial charge in [-0.15, -0.1) is 0 Å². The highest BCUT2D eigenvalue weighted by atomic mass is 19.4. The van der Waals surface area contributed by atoms with Gasteiger partial charge in [0.25, 0.3) is 0 Å². The van der Waals surface area contributed by atoms with Gasteiger partial charge in [-0.05, 0) is 42.5 Å². The molecule has 13 heteroatoms. The fourth-order valence-corrected chi connectivity index (χ4v) is 2.87. The van der Waals surface area contributed by atoms with Crippen molar-refractivity contribution in [2.75, 3.05) is 11.5 Å². The molecule has 0 aliphatic carbocycles. The zero-order valence-corrected chi connectivity index (χ0v) is 16.6. The number of rotatable bonds is 4. The molecule has 0 radical (unpaired) electrons. The van der Waals surface area contributed by atoms with Crippen LogP contribution in [0.2, 0.25) is 0 Å². The van der Waals surface area contributed by atoms with E-state index < -0.39 is 58.1 Å². The van der Waals surface area contributed by atoms with Crippen LogP contribution in [0.15, 0.2) is 54.6 Å². The Balaban J connectivity index is 1.91. The lowest BCUT2D eigenvalue weighted by Crippen LogP contribution is -2.10.